The van der Waals surface area contributed by atoms with E-state index in [0.29, 0.717) is 23.7 Å². The third-order valence-corrected chi connectivity index (χ3v) is 2.75. The minimum absolute atomic E-state index is 0.0152. The van der Waals surface area contributed by atoms with Gasteiger partial charge in [-0.3, -0.25) is 0 Å². The summed E-state index contributed by atoms with van der Waals surface area (Å²) in [7, 11) is 0. The molecule has 0 amide bonds. The zero-order valence-corrected chi connectivity index (χ0v) is 10.3. The van der Waals surface area contributed by atoms with E-state index in [2.05, 4.69) is 5.32 Å². The maximum atomic E-state index is 10.8. The number of carboxylic acid groups (broad SMARTS) is 1. The topological polar surface area (TPSA) is 62.5 Å². The molecular formula is C13H12ClNO3. The fraction of sp³-hybridized carbons (Fsp3) is 0.154. The molecule has 0 aliphatic carbocycles. The van der Waals surface area contributed by atoms with Crippen LogP contribution in [-0.2, 0) is 13.1 Å². The van der Waals surface area contributed by atoms with Gasteiger partial charge in [-0.1, -0.05) is 23.7 Å². The summed E-state index contributed by atoms with van der Waals surface area (Å²) < 4.78 is 4.89. The normalized spacial score (nSPS) is 10.5. The number of hydrogen-bond acceptors (Lipinski definition) is 3. The Kier molecular flexibility index (Phi) is 4.02. The summed E-state index contributed by atoms with van der Waals surface area (Å²) in [6.07, 6.45) is 1.38. The lowest BCUT2D eigenvalue weighted by Crippen LogP contribution is -2.14. The Hall–Kier alpha value is -1.78. The highest BCUT2D eigenvalue weighted by atomic mass is 35.5. The molecule has 0 aliphatic rings. The molecule has 0 saturated heterocycles. The fourth-order valence-corrected chi connectivity index (χ4v) is 1.73. The molecule has 0 aliphatic heterocycles. The highest BCUT2D eigenvalue weighted by molar-refractivity contribution is 6.30. The summed E-state index contributed by atoms with van der Waals surface area (Å²) in [6, 6.07) is 9.13. The van der Waals surface area contributed by atoms with Crippen LogP contribution in [0.4, 0.5) is 0 Å². The third kappa shape index (κ3) is 3.12. The third-order valence-electron chi connectivity index (χ3n) is 2.50. The minimum Gasteiger partial charge on any atom is -0.475 e. The SMILES string of the molecule is O=C(O)c1occc1CNCc1ccc(Cl)cc1. The number of rotatable bonds is 5. The van der Waals surface area contributed by atoms with Gasteiger partial charge in [-0.05, 0) is 23.8 Å². The molecule has 0 atom stereocenters. The number of carboxylic acids is 1. The van der Waals surface area contributed by atoms with E-state index in [9.17, 15) is 4.79 Å². The Balaban J connectivity index is 1.90. The van der Waals surface area contributed by atoms with Crippen molar-refractivity contribution in [1.29, 1.82) is 0 Å². The molecule has 0 radical (unpaired) electrons. The summed E-state index contributed by atoms with van der Waals surface area (Å²) in [4.78, 5) is 10.8. The van der Waals surface area contributed by atoms with Gasteiger partial charge in [0, 0.05) is 23.7 Å². The molecule has 4 nitrogen and oxygen atoms in total. The first-order valence-electron chi connectivity index (χ1n) is 5.41. The van der Waals surface area contributed by atoms with E-state index in [0.717, 1.165) is 5.56 Å². The maximum absolute atomic E-state index is 10.8. The van der Waals surface area contributed by atoms with E-state index < -0.39 is 5.97 Å². The average molecular weight is 266 g/mol. The van der Waals surface area contributed by atoms with Crippen molar-refractivity contribution >= 4 is 17.6 Å². The Bertz CT molecular complexity index is 533. The van der Waals surface area contributed by atoms with E-state index in [1.165, 1.54) is 6.26 Å². The molecule has 0 saturated carbocycles. The molecule has 2 aromatic rings. The molecule has 2 rings (SSSR count). The van der Waals surface area contributed by atoms with Gasteiger partial charge in [0.1, 0.15) is 0 Å². The Morgan fingerprint density at radius 1 is 1.22 bits per heavy atom. The van der Waals surface area contributed by atoms with Crippen molar-refractivity contribution in [1.82, 2.24) is 5.32 Å². The van der Waals surface area contributed by atoms with Crippen LogP contribution >= 0.6 is 11.6 Å². The van der Waals surface area contributed by atoms with Crippen LogP contribution in [0.1, 0.15) is 21.7 Å². The number of nitrogens with one attached hydrogen (secondary N) is 1. The number of furan rings is 1. The first kappa shape index (κ1) is 12.7. The van der Waals surface area contributed by atoms with Crippen LogP contribution in [0, 0.1) is 0 Å². The molecule has 0 bridgehead atoms. The van der Waals surface area contributed by atoms with Gasteiger partial charge in [0.05, 0.1) is 6.26 Å². The molecular weight excluding hydrogens is 254 g/mol. The predicted molar refractivity (Wildman–Crippen MR) is 67.7 cm³/mol. The lowest BCUT2D eigenvalue weighted by atomic mass is 10.2. The van der Waals surface area contributed by atoms with E-state index in [1.807, 2.05) is 24.3 Å². The lowest BCUT2D eigenvalue weighted by molar-refractivity contribution is 0.0660. The van der Waals surface area contributed by atoms with Crippen molar-refractivity contribution in [2.75, 3.05) is 0 Å². The van der Waals surface area contributed by atoms with Crippen LogP contribution in [0.2, 0.25) is 5.02 Å². The van der Waals surface area contributed by atoms with Gasteiger partial charge in [-0.2, -0.15) is 0 Å². The number of benzene rings is 1. The van der Waals surface area contributed by atoms with Gasteiger partial charge in [-0.15, -0.1) is 0 Å². The van der Waals surface area contributed by atoms with E-state index >= 15 is 0 Å². The lowest BCUT2D eigenvalue weighted by Gasteiger charge is -2.04. The summed E-state index contributed by atoms with van der Waals surface area (Å²) >= 11 is 5.78. The highest BCUT2D eigenvalue weighted by Crippen LogP contribution is 2.12. The van der Waals surface area contributed by atoms with Gasteiger partial charge >= 0.3 is 5.97 Å². The molecule has 5 heteroatoms. The predicted octanol–water partition coefficient (Wildman–Crippen LogP) is 2.92. The molecule has 1 aromatic carbocycles. The molecule has 0 unspecified atom stereocenters. The van der Waals surface area contributed by atoms with Gasteiger partial charge < -0.3 is 14.8 Å². The average Bonchev–Trinajstić information content (AvgIpc) is 2.80. The summed E-state index contributed by atoms with van der Waals surface area (Å²) in [5.41, 5.74) is 1.72. The highest BCUT2D eigenvalue weighted by Gasteiger charge is 2.12. The van der Waals surface area contributed by atoms with Crippen LogP contribution in [-0.4, -0.2) is 11.1 Å². The molecule has 1 aromatic heterocycles. The minimum atomic E-state index is -1.05. The second kappa shape index (κ2) is 5.71. The summed E-state index contributed by atoms with van der Waals surface area (Å²) in [5.74, 6) is -1.07. The second-order valence-electron chi connectivity index (χ2n) is 3.81. The maximum Gasteiger partial charge on any atom is 0.372 e. The smallest absolute Gasteiger partial charge is 0.372 e. The van der Waals surface area contributed by atoms with Gasteiger partial charge in [0.25, 0.3) is 0 Å². The Morgan fingerprint density at radius 2 is 1.94 bits per heavy atom. The largest absolute Gasteiger partial charge is 0.475 e. The quantitative estimate of drug-likeness (QED) is 0.873. The number of aromatic carboxylic acids is 1. The van der Waals surface area contributed by atoms with Crippen LogP contribution in [0.15, 0.2) is 41.0 Å². The zero-order valence-electron chi connectivity index (χ0n) is 9.52. The Morgan fingerprint density at radius 3 is 2.61 bits per heavy atom. The molecule has 0 spiro atoms. The molecule has 1 heterocycles. The second-order valence-corrected chi connectivity index (χ2v) is 4.25. The van der Waals surface area contributed by atoms with E-state index in [1.54, 1.807) is 6.07 Å². The van der Waals surface area contributed by atoms with Crippen molar-refractivity contribution in [3.05, 3.63) is 58.5 Å². The van der Waals surface area contributed by atoms with Crippen LogP contribution in [0.3, 0.4) is 0 Å². The first-order valence-corrected chi connectivity index (χ1v) is 5.79. The number of hydrogen-bond donors (Lipinski definition) is 2. The fourth-order valence-electron chi connectivity index (χ4n) is 1.61. The summed E-state index contributed by atoms with van der Waals surface area (Å²) in [5, 5.41) is 12.7. The molecule has 94 valence electrons. The number of carbonyl (C=O) groups is 1. The van der Waals surface area contributed by atoms with Crippen molar-refractivity contribution in [2.24, 2.45) is 0 Å². The van der Waals surface area contributed by atoms with E-state index in [4.69, 9.17) is 21.1 Å². The van der Waals surface area contributed by atoms with Crippen LogP contribution < -0.4 is 5.32 Å². The standard InChI is InChI=1S/C13H12ClNO3/c14-11-3-1-9(2-4-11)7-15-8-10-5-6-18-12(10)13(16)17/h1-6,15H,7-8H2,(H,16,17). The molecule has 2 N–H and O–H groups in total. The van der Waals surface area contributed by atoms with E-state index in [-0.39, 0.29) is 5.76 Å². The Labute approximate surface area is 109 Å². The number of halogens is 1. The molecule has 18 heavy (non-hydrogen) atoms. The van der Waals surface area contributed by atoms with Crippen molar-refractivity contribution in [3.8, 4) is 0 Å². The molecule has 0 fully saturated rings. The van der Waals surface area contributed by atoms with Gasteiger partial charge in [-0.25, -0.2) is 4.79 Å². The zero-order chi connectivity index (χ0) is 13.0. The monoisotopic (exact) mass is 265 g/mol. The van der Waals surface area contributed by atoms with Crippen molar-refractivity contribution in [3.63, 3.8) is 0 Å². The van der Waals surface area contributed by atoms with Crippen molar-refractivity contribution in [2.45, 2.75) is 13.1 Å². The van der Waals surface area contributed by atoms with Crippen LogP contribution in [0.25, 0.3) is 0 Å². The van der Waals surface area contributed by atoms with Crippen molar-refractivity contribution < 1.29 is 14.3 Å². The summed E-state index contributed by atoms with van der Waals surface area (Å²) in [6.45, 7) is 1.09. The first-order chi connectivity index (χ1) is 8.66. The van der Waals surface area contributed by atoms with Gasteiger partial charge in [0.2, 0.25) is 5.76 Å². The van der Waals surface area contributed by atoms with Crippen LogP contribution in [0.5, 0.6) is 0 Å². The van der Waals surface area contributed by atoms with Gasteiger partial charge in [0.15, 0.2) is 0 Å².